The van der Waals surface area contributed by atoms with Gasteiger partial charge < -0.3 is 10.6 Å². The van der Waals surface area contributed by atoms with Crippen LogP contribution in [-0.2, 0) is 0 Å². The third kappa shape index (κ3) is 12.4. The highest BCUT2D eigenvalue weighted by atomic mass is 14.8. The first-order chi connectivity index (χ1) is 8.56. The topological polar surface area (TPSA) is 24.1 Å². The SMILES string of the molecule is CCNCC[C@H](C)CC[C@H](C)CCNCC(C)C. The van der Waals surface area contributed by atoms with E-state index in [0.717, 1.165) is 30.8 Å². The highest BCUT2D eigenvalue weighted by Gasteiger charge is 2.06. The fourth-order valence-electron chi connectivity index (χ4n) is 2.12. The maximum absolute atomic E-state index is 3.54. The number of hydrogen-bond acceptors (Lipinski definition) is 2. The molecular weight excluding hydrogens is 220 g/mol. The summed E-state index contributed by atoms with van der Waals surface area (Å²) in [5.74, 6) is 2.51. The molecule has 110 valence electrons. The molecule has 0 amide bonds. The van der Waals surface area contributed by atoms with Crippen LogP contribution < -0.4 is 10.6 Å². The second-order valence-corrected chi connectivity index (χ2v) is 6.32. The monoisotopic (exact) mass is 256 g/mol. The molecule has 0 saturated carbocycles. The lowest BCUT2D eigenvalue weighted by molar-refractivity contribution is 0.385. The minimum Gasteiger partial charge on any atom is -0.317 e. The van der Waals surface area contributed by atoms with Crippen molar-refractivity contribution in [2.24, 2.45) is 17.8 Å². The minimum absolute atomic E-state index is 0.770. The van der Waals surface area contributed by atoms with E-state index < -0.39 is 0 Å². The third-order valence-corrected chi connectivity index (χ3v) is 3.58. The fraction of sp³-hybridized carbons (Fsp3) is 1.00. The van der Waals surface area contributed by atoms with Gasteiger partial charge in [0.25, 0.3) is 0 Å². The Morgan fingerprint density at radius 1 is 0.722 bits per heavy atom. The average molecular weight is 256 g/mol. The molecule has 0 aromatic heterocycles. The molecule has 0 saturated heterocycles. The van der Waals surface area contributed by atoms with Gasteiger partial charge in [0.15, 0.2) is 0 Å². The lowest BCUT2D eigenvalue weighted by Crippen LogP contribution is -2.22. The molecule has 0 fully saturated rings. The molecule has 2 heteroatoms. The number of nitrogens with one attached hydrogen (secondary N) is 2. The summed E-state index contributed by atoms with van der Waals surface area (Å²) in [5, 5.41) is 6.94. The zero-order valence-corrected chi connectivity index (χ0v) is 13.4. The zero-order valence-electron chi connectivity index (χ0n) is 13.4. The van der Waals surface area contributed by atoms with E-state index in [2.05, 4.69) is 45.3 Å². The summed E-state index contributed by atoms with van der Waals surface area (Å²) in [6, 6.07) is 0. The van der Waals surface area contributed by atoms with Gasteiger partial charge in [0.05, 0.1) is 0 Å². The average Bonchev–Trinajstić information content (AvgIpc) is 2.32. The quantitative estimate of drug-likeness (QED) is 0.521. The van der Waals surface area contributed by atoms with Gasteiger partial charge in [-0.2, -0.15) is 0 Å². The predicted octanol–water partition coefficient (Wildman–Crippen LogP) is 3.67. The highest BCUT2D eigenvalue weighted by Crippen LogP contribution is 2.16. The van der Waals surface area contributed by atoms with E-state index in [9.17, 15) is 0 Å². The Bertz CT molecular complexity index is 168. The van der Waals surface area contributed by atoms with Crippen molar-refractivity contribution in [3.05, 3.63) is 0 Å². The van der Waals surface area contributed by atoms with Crippen LogP contribution in [0.5, 0.6) is 0 Å². The second kappa shape index (κ2) is 12.0. The van der Waals surface area contributed by atoms with Gasteiger partial charge in [0, 0.05) is 0 Å². The van der Waals surface area contributed by atoms with Gasteiger partial charge in [-0.3, -0.25) is 0 Å². The van der Waals surface area contributed by atoms with Crippen molar-refractivity contribution in [2.45, 2.75) is 60.3 Å². The van der Waals surface area contributed by atoms with Gasteiger partial charge in [-0.25, -0.2) is 0 Å². The number of hydrogen-bond donors (Lipinski definition) is 2. The molecule has 0 spiro atoms. The first-order valence-corrected chi connectivity index (χ1v) is 7.97. The lowest BCUT2D eigenvalue weighted by Gasteiger charge is -2.16. The molecular formula is C16H36N2. The summed E-state index contributed by atoms with van der Waals surface area (Å²) in [5.41, 5.74) is 0. The van der Waals surface area contributed by atoms with Crippen LogP contribution in [0, 0.1) is 17.8 Å². The fourth-order valence-corrected chi connectivity index (χ4v) is 2.12. The summed E-state index contributed by atoms with van der Waals surface area (Å²) >= 11 is 0. The Kier molecular flexibility index (Phi) is 11.9. The van der Waals surface area contributed by atoms with Crippen LogP contribution in [-0.4, -0.2) is 26.2 Å². The van der Waals surface area contributed by atoms with Gasteiger partial charge >= 0.3 is 0 Å². The van der Waals surface area contributed by atoms with Crippen molar-refractivity contribution in [1.29, 1.82) is 0 Å². The molecule has 0 bridgehead atoms. The van der Waals surface area contributed by atoms with Crippen LogP contribution in [0.15, 0.2) is 0 Å². The molecule has 0 aliphatic carbocycles. The molecule has 0 aromatic carbocycles. The van der Waals surface area contributed by atoms with E-state index in [1.54, 1.807) is 0 Å². The van der Waals surface area contributed by atoms with E-state index in [1.807, 2.05) is 0 Å². The van der Waals surface area contributed by atoms with Crippen molar-refractivity contribution in [3.63, 3.8) is 0 Å². The molecule has 2 atom stereocenters. The maximum atomic E-state index is 3.54. The molecule has 2 N–H and O–H groups in total. The van der Waals surface area contributed by atoms with Gasteiger partial charge in [-0.1, -0.05) is 47.5 Å². The van der Waals surface area contributed by atoms with Crippen LogP contribution in [0.4, 0.5) is 0 Å². The Morgan fingerprint density at radius 2 is 1.22 bits per heavy atom. The van der Waals surface area contributed by atoms with Crippen molar-refractivity contribution >= 4 is 0 Å². The standard InChI is InChI=1S/C16H36N2/c1-6-17-11-9-15(4)7-8-16(5)10-12-18-13-14(2)3/h14-18H,6-13H2,1-5H3/t15-,16+/m1/s1. The van der Waals surface area contributed by atoms with Gasteiger partial charge in [-0.05, 0) is 56.8 Å². The third-order valence-electron chi connectivity index (χ3n) is 3.58. The molecule has 0 rings (SSSR count). The molecule has 0 heterocycles. The van der Waals surface area contributed by atoms with Crippen molar-refractivity contribution < 1.29 is 0 Å². The largest absolute Gasteiger partial charge is 0.317 e. The smallest absolute Gasteiger partial charge is 0.00258 e. The van der Waals surface area contributed by atoms with Crippen LogP contribution in [0.3, 0.4) is 0 Å². The maximum Gasteiger partial charge on any atom is -0.00258 e. The zero-order chi connectivity index (χ0) is 13.8. The van der Waals surface area contributed by atoms with Crippen LogP contribution in [0.1, 0.15) is 60.3 Å². The van der Waals surface area contributed by atoms with Crippen molar-refractivity contribution in [2.75, 3.05) is 26.2 Å². The van der Waals surface area contributed by atoms with Gasteiger partial charge in [0.2, 0.25) is 0 Å². The summed E-state index contributed by atoms with van der Waals surface area (Å²) in [6.07, 6.45) is 5.42. The summed E-state index contributed by atoms with van der Waals surface area (Å²) in [7, 11) is 0. The molecule has 0 unspecified atom stereocenters. The first-order valence-electron chi connectivity index (χ1n) is 7.97. The Morgan fingerprint density at radius 3 is 1.67 bits per heavy atom. The van der Waals surface area contributed by atoms with Crippen molar-refractivity contribution in [3.8, 4) is 0 Å². The normalized spacial score (nSPS) is 15.0. The Labute approximate surface area is 115 Å². The lowest BCUT2D eigenvalue weighted by atomic mass is 9.94. The summed E-state index contributed by atoms with van der Waals surface area (Å²) in [4.78, 5) is 0. The van der Waals surface area contributed by atoms with Gasteiger partial charge in [-0.15, -0.1) is 0 Å². The van der Waals surface area contributed by atoms with Crippen LogP contribution >= 0.6 is 0 Å². The Balaban J connectivity index is 3.37. The second-order valence-electron chi connectivity index (χ2n) is 6.32. The van der Waals surface area contributed by atoms with Crippen LogP contribution in [0.25, 0.3) is 0 Å². The van der Waals surface area contributed by atoms with E-state index in [0.29, 0.717) is 0 Å². The number of rotatable bonds is 12. The molecule has 0 aliphatic heterocycles. The van der Waals surface area contributed by atoms with E-state index in [-0.39, 0.29) is 0 Å². The predicted molar refractivity (Wildman–Crippen MR) is 83.0 cm³/mol. The molecule has 0 aromatic rings. The molecule has 18 heavy (non-hydrogen) atoms. The molecule has 0 aliphatic rings. The molecule has 2 nitrogen and oxygen atoms in total. The van der Waals surface area contributed by atoms with Crippen LogP contribution in [0.2, 0.25) is 0 Å². The molecule has 0 radical (unpaired) electrons. The highest BCUT2D eigenvalue weighted by molar-refractivity contribution is 4.61. The van der Waals surface area contributed by atoms with E-state index in [1.165, 1.54) is 38.8 Å². The van der Waals surface area contributed by atoms with Gasteiger partial charge in [0.1, 0.15) is 0 Å². The first kappa shape index (κ1) is 17.9. The van der Waals surface area contributed by atoms with E-state index in [4.69, 9.17) is 0 Å². The van der Waals surface area contributed by atoms with Crippen molar-refractivity contribution in [1.82, 2.24) is 10.6 Å². The summed E-state index contributed by atoms with van der Waals surface area (Å²) in [6.45, 7) is 16.1. The van der Waals surface area contributed by atoms with E-state index >= 15 is 0 Å². The Hall–Kier alpha value is -0.0800. The summed E-state index contributed by atoms with van der Waals surface area (Å²) < 4.78 is 0. The minimum atomic E-state index is 0.770.